The van der Waals surface area contributed by atoms with Crippen molar-refractivity contribution in [1.82, 2.24) is 0 Å². The second kappa shape index (κ2) is 7.01. The molecule has 2 atom stereocenters. The lowest BCUT2D eigenvalue weighted by molar-refractivity contribution is 0.548. The van der Waals surface area contributed by atoms with E-state index < -0.39 is 0 Å². The van der Waals surface area contributed by atoms with E-state index in [0.29, 0.717) is 5.92 Å². The van der Waals surface area contributed by atoms with Gasteiger partial charge in [0.1, 0.15) is 0 Å². The minimum Gasteiger partial charge on any atom is -0.370 e. The van der Waals surface area contributed by atoms with Crippen molar-refractivity contribution in [3.63, 3.8) is 0 Å². The van der Waals surface area contributed by atoms with Crippen molar-refractivity contribution in [1.29, 1.82) is 0 Å². The molecule has 1 aromatic rings. The Morgan fingerprint density at radius 1 is 1.28 bits per heavy atom. The van der Waals surface area contributed by atoms with Crippen molar-refractivity contribution in [3.8, 4) is 0 Å². The second-order valence-corrected chi connectivity index (χ2v) is 5.46. The molecule has 1 unspecified atom stereocenters. The molecule has 102 valence electrons. The molecule has 0 aliphatic heterocycles. The van der Waals surface area contributed by atoms with Crippen LogP contribution in [0.15, 0.2) is 18.2 Å². The van der Waals surface area contributed by atoms with Crippen LogP contribution in [0, 0.1) is 5.92 Å². The summed E-state index contributed by atoms with van der Waals surface area (Å²) in [5, 5.41) is 0.801. The first kappa shape index (κ1) is 15.3. The van der Waals surface area contributed by atoms with E-state index in [1.807, 2.05) is 13.0 Å². The standard InChI is InChI=1S/C15H25ClN2/c1-5-11(3)10-18(6-2)15-8-7-13(12(4)17)9-14(15)16/h7-9,11-12H,5-6,10,17H2,1-4H3/t11?,12-/m1/s1. The SMILES string of the molecule is CCC(C)CN(CC)c1ccc([C@@H](C)N)cc1Cl. The van der Waals surface area contributed by atoms with Gasteiger partial charge < -0.3 is 10.6 Å². The number of rotatable bonds is 6. The Bertz CT molecular complexity index is 377. The van der Waals surface area contributed by atoms with Crippen LogP contribution in [-0.4, -0.2) is 13.1 Å². The predicted molar refractivity (Wildman–Crippen MR) is 81.4 cm³/mol. The molecule has 0 aliphatic carbocycles. The average molecular weight is 269 g/mol. The van der Waals surface area contributed by atoms with Gasteiger partial charge in [-0.3, -0.25) is 0 Å². The van der Waals surface area contributed by atoms with Gasteiger partial charge in [0.05, 0.1) is 10.7 Å². The number of nitrogens with two attached hydrogens (primary N) is 1. The molecule has 0 aliphatic rings. The quantitative estimate of drug-likeness (QED) is 0.836. The number of nitrogens with zero attached hydrogens (tertiary/aromatic N) is 1. The van der Waals surface area contributed by atoms with Crippen LogP contribution in [-0.2, 0) is 0 Å². The van der Waals surface area contributed by atoms with E-state index in [2.05, 4.69) is 37.8 Å². The molecular weight excluding hydrogens is 244 g/mol. The predicted octanol–water partition coefficient (Wildman–Crippen LogP) is 4.23. The molecule has 2 N–H and O–H groups in total. The third kappa shape index (κ3) is 3.89. The van der Waals surface area contributed by atoms with Crippen molar-refractivity contribution in [2.45, 2.75) is 40.2 Å². The minimum absolute atomic E-state index is 0.0289. The third-order valence-corrected chi connectivity index (χ3v) is 3.75. The average Bonchev–Trinajstić information content (AvgIpc) is 2.35. The van der Waals surface area contributed by atoms with Crippen molar-refractivity contribution >= 4 is 17.3 Å². The van der Waals surface area contributed by atoms with Crippen LogP contribution in [0.4, 0.5) is 5.69 Å². The monoisotopic (exact) mass is 268 g/mol. The number of anilines is 1. The normalized spacial score (nSPS) is 14.3. The molecule has 1 rings (SSSR count). The largest absolute Gasteiger partial charge is 0.370 e. The van der Waals surface area contributed by atoms with Gasteiger partial charge in [0.15, 0.2) is 0 Å². The lowest BCUT2D eigenvalue weighted by atomic mass is 10.1. The highest BCUT2D eigenvalue weighted by molar-refractivity contribution is 6.33. The Morgan fingerprint density at radius 3 is 2.39 bits per heavy atom. The van der Waals surface area contributed by atoms with Crippen molar-refractivity contribution < 1.29 is 0 Å². The number of hydrogen-bond acceptors (Lipinski definition) is 2. The van der Waals surface area contributed by atoms with E-state index in [1.54, 1.807) is 0 Å². The van der Waals surface area contributed by atoms with Gasteiger partial charge in [0, 0.05) is 19.1 Å². The molecule has 0 bridgehead atoms. The fourth-order valence-corrected chi connectivity index (χ4v) is 2.27. The molecular formula is C15H25ClN2. The van der Waals surface area contributed by atoms with Gasteiger partial charge in [-0.15, -0.1) is 0 Å². The molecule has 0 saturated heterocycles. The zero-order valence-electron chi connectivity index (χ0n) is 11.9. The maximum atomic E-state index is 6.38. The van der Waals surface area contributed by atoms with Gasteiger partial charge in [-0.1, -0.05) is 37.9 Å². The van der Waals surface area contributed by atoms with Crippen molar-refractivity contribution in [2.24, 2.45) is 11.7 Å². The summed E-state index contributed by atoms with van der Waals surface area (Å²) in [4.78, 5) is 2.33. The first-order valence-electron chi connectivity index (χ1n) is 6.79. The molecule has 0 fully saturated rings. The Morgan fingerprint density at radius 2 is 1.94 bits per heavy atom. The first-order valence-corrected chi connectivity index (χ1v) is 7.17. The Kier molecular flexibility index (Phi) is 5.97. The number of hydrogen-bond donors (Lipinski definition) is 1. The van der Waals surface area contributed by atoms with Gasteiger partial charge in [0.2, 0.25) is 0 Å². The van der Waals surface area contributed by atoms with Gasteiger partial charge in [-0.25, -0.2) is 0 Å². The van der Waals surface area contributed by atoms with Crippen molar-refractivity contribution in [3.05, 3.63) is 28.8 Å². The van der Waals surface area contributed by atoms with E-state index in [-0.39, 0.29) is 6.04 Å². The van der Waals surface area contributed by atoms with Gasteiger partial charge in [-0.05, 0) is 37.5 Å². The van der Waals surface area contributed by atoms with Gasteiger partial charge in [0.25, 0.3) is 0 Å². The number of benzene rings is 1. The summed E-state index contributed by atoms with van der Waals surface area (Å²) in [6.45, 7) is 10.7. The Balaban J connectivity index is 2.93. The summed E-state index contributed by atoms with van der Waals surface area (Å²) in [6.07, 6.45) is 1.19. The molecule has 0 heterocycles. The molecule has 2 nitrogen and oxygen atoms in total. The van der Waals surface area contributed by atoms with Crippen LogP contribution < -0.4 is 10.6 Å². The van der Waals surface area contributed by atoms with E-state index in [4.69, 9.17) is 17.3 Å². The summed E-state index contributed by atoms with van der Waals surface area (Å²) in [5.41, 5.74) is 8.07. The lowest BCUT2D eigenvalue weighted by Crippen LogP contribution is -2.28. The number of halogens is 1. The highest BCUT2D eigenvalue weighted by atomic mass is 35.5. The topological polar surface area (TPSA) is 29.3 Å². The lowest BCUT2D eigenvalue weighted by Gasteiger charge is -2.27. The fourth-order valence-electron chi connectivity index (χ4n) is 1.97. The van der Waals surface area contributed by atoms with E-state index >= 15 is 0 Å². The van der Waals surface area contributed by atoms with Crippen LogP contribution in [0.3, 0.4) is 0 Å². The zero-order valence-corrected chi connectivity index (χ0v) is 12.7. The van der Waals surface area contributed by atoms with Gasteiger partial charge >= 0.3 is 0 Å². The summed E-state index contributed by atoms with van der Waals surface area (Å²) in [7, 11) is 0. The fraction of sp³-hybridized carbons (Fsp3) is 0.600. The second-order valence-electron chi connectivity index (χ2n) is 5.05. The molecule has 0 aromatic heterocycles. The molecule has 3 heteroatoms. The van der Waals surface area contributed by atoms with E-state index in [9.17, 15) is 0 Å². The van der Waals surface area contributed by atoms with Crippen LogP contribution >= 0.6 is 11.6 Å². The first-order chi connectivity index (χ1) is 8.49. The molecule has 0 spiro atoms. The van der Waals surface area contributed by atoms with Crippen LogP contribution in [0.5, 0.6) is 0 Å². The summed E-state index contributed by atoms with van der Waals surface area (Å²) < 4.78 is 0. The molecule has 18 heavy (non-hydrogen) atoms. The van der Waals surface area contributed by atoms with E-state index in [0.717, 1.165) is 29.4 Å². The minimum atomic E-state index is 0.0289. The highest BCUT2D eigenvalue weighted by Crippen LogP contribution is 2.29. The Hall–Kier alpha value is -0.730. The maximum absolute atomic E-state index is 6.38. The molecule has 0 saturated carbocycles. The summed E-state index contributed by atoms with van der Waals surface area (Å²) in [5.74, 6) is 0.675. The highest BCUT2D eigenvalue weighted by Gasteiger charge is 2.12. The van der Waals surface area contributed by atoms with Crippen LogP contribution in [0.25, 0.3) is 0 Å². The third-order valence-electron chi connectivity index (χ3n) is 3.45. The van der Waals surface area contributed by atoms with E-state index in [1.165, 1.54) is 6.42 Å². The maximum Gasteiger partial charge on any atom is 0.0642 e. The molecule has 0 amide bonds. The van der Waals surface area contributed by atoms with Gasteiger partial charge in [-0.2, -0.15) is 0 Å². The van der Waals surface area contributed by atoms with Crippen molar-refractivity contribution in [2.75, 3.05) is 18.0 Å². The zero-order chi connectivity index (χ0) is 13.7. The van der Waals surface area contributed by atoms with Crippen LogP contribution in [0.2, 0.25) is 5.02 Å². The Labute approximate surface area is 116 Å². The summed E-state index contributed by atoms with van der Waals surface area (Å²) >= 11 is 6.38. The summed E-state index contributed by atoms with van der Waals surface area (Å²) in [6, 6.07) is 6.18. The molecule has 1 aromatic carbocycles. The molecule has 0 radical (unpaired) electrons. The smallest absolute Gasteiger partial charge is 0.0642 e. The van der Waals surface area contributed by atoms with Crippen LogP contribution in [0.1, 0.15) is 45.7 Å².